The summed E-state index contributed by atoms with van der Waals surface area (Å²) < 4.78 is 11.5. The number of nitrogens with zero attached hydrogens (tertiary/aromatic N) is 2. The average molecular weight is 473 g/mol. The number of anilines is 1. The number of Topliss-reactive ketones (excluding diaryl/α,β-unsaturated/α-hetero) is 1. The van der Waals surface area contributed by atoms with Gasteiger partial charge in [-0.15, -0.1) is 0 Å². The van der Waals surface area contributed by atoms with Crippen molar-refractivity contribution in [2.75, 3.05) is 45.8 Å². The minimum absolute atomic E-state index is 0.0701. The Balaban J connectivity index is 1.66. The summed E-state index contributed by atoms with van der Waals surface area (Å²) >= 11 is 0. The highest BCUT2D eigenvalue weighted by Gasteiger charge is 2.28. The molecule has 6 heteroatoms. The lowest BCUT2D eigenvalue weighted by atomic mass is 9.94. The molecular weight excluding hydrogens is 440 g/mol. The van der Waals surface area contributed by atoms with Crippen LogP contribution in [0.15, 0.2) is 54.6 Å². The van der Waals surface area contributed by atoms with Gasteiger partial charge in [0.2, 0.25) is 0 Å². The average Bonchev–Trinajstić information content (AvgIpc) is 3.25. The first-order valence-electron chi connectivity index (χ1n) is 11.8. The molecule has 6 nitrogen and oxygen atoms in total. The zero-order valence-corrected chi connectivity index (χ0v) is 21.1. The Labute approximate surface area is 207 Å². The summed E-state index contributed by atoms with van der Waals surface area (Å²) in [7, 11) is 5.60. The predicted molar refractivity (Wildman–Crippen MR) is 139 cm³/mol. The van der Waals surface area contributed by atoms with Crippen LogP contribution < -0.4 is 14.4 Å². The van der Waals surface area contributed by atoms with Gasteiger partial charge in [0.15, 0.2) is 17.3 Å². The Morgan fingerprint density at radius 1 is 1.03 bits per heavy atom. The molecule has 4 rings (SSSR count). The number of benzene rings is 3. The molecule has 0 saturated heterocycles. The first-order chi connectivity index (χ1) is 16.8. The Bertz CT molecular complexity index is 1270. The van der Waals surface area contributed by atoms with Crippen LogP contribution in [0.4, 0.5) is 5.69 Å². The largest absolute Gasteiger partial charge is 0.493 e. The van der Waals surface area contributed by atoms with Crippen LogP contribution in [0.2, 0.25) is 0 Å². The highest BCUT2D eigenvalue weighted by Crippen LogP contribution is 2.39. The number of aryl methyl sites for hydroxylation is 1. The molecule has 0 unspecified atom stereocenters. The summed E-state index contributed by atoms with van der Waals surface area (Å²) in [5.41, 5.74) is 5.81. The molecule has 1 heterocycles. The summed E-state index contributed by atoms with van der Waals surface area (Å²) in [6.45, 7) is 5.40. The zero-order valence-electron chi connectivity index (χ0n) is 21.1. The SMILES string of the molecule is COc1cc2c(cc1OCCN(C)C)N(C(=O)c1ccc(-c3cccc(C)c3)c(C(C)=O)c1)CC2. The second kappa shape index (κ2) is 10.3. The van der Waals surface area contributed by atoms with Gasteiger partial charge in [-0.2, -0.15) is 0 Å². The van der Waals surface area contributed by atoms with Gasteiger partial charge in [0.05, 0.1) is 12.8 Å². The van der Waals surface area contributed by atoms with Crippen LogP contribution in [-0.4, -0.2) is 57.5 Å². The molecule has 1 aliphatic heterocycles. The van der Waals surface area contributed by atoms with Gasteiger partial charge in [0.25, 0.3) is 5.91 Å². The van der Waals surface area contributed by atoms with Gasteiger partial charge in [-0.1, -0.05) is 35.9 Å². The van der Waals surface area contributed by atoms with Crippen LogP contribution in [0.5, 0.6) is 11.5 Å². The van der Waals surface area contributed by atoms with Crippen molar-refractivity contribution in [3.63, 3.8) is 0 Å². The summed E-state index contributed by atoms with van der Waals surface area (Å²) in [6, 6.07) is 17.3. The van der Waals surface area contributed by atoms with Crippen molar-refractivity contribution in [3.05, 3.63) is 76.9 Å². The maximum atomic E-state index is 13.6. The highest BCUT2D eigenvalue weighted by atomic mass is 16.5. The number of rotatable bonds is 8. The van der Waals surface area contributed by atoms with E-state index in [4.69, 9.17) is 9.47 Å². The molecule has 0 aliphatic carbocycles. The fraction of sp³-hybridized carbons (Fsp3) is 0.310. The van der Waals surface area contributed by atoms with Crippen molar-refractivity contribution in [3.8, 4) is 22.6 Å². The maximum absolute atomic E-state index is 13.6. The van der Waals surface area contributed by atoms with Crippen molar-refractivity contribution < 1.29 is 19.1 Å². The highest BCUT2D eigenvalue weighted by molar-refractivity contribution is 6.10. The molecule has 0 spiro atoms. The monoisotopic (exact) mass is 472 g/mol. The number of ketones is 1. The van der Waals surface area contributed by atoms with Gasteiger partial charge in [-0.05, 0) is 69.3 Å². The van der Waals surface area contributed by atoms with E-state index in [1.165, 1.54) is 6.92 Å². The lowest BCUT2D eigenvalue weighted by molar-refractivity contribution is 0.0989. The van der Waals surface area contributed by atoms with Crippen molar-refractivity contribution >= 4 is 17.4 Å². The number of carbonyl (C=O) groups is 2. The topological polar surface area (TPSA) is 59.1 Å². The van der Waals surface area contributed by atoms with E-state index in [0.717, 1.165) is 40.9 Å². The standard InChI is InChI=1S/C29H32N2O4/c1-19-7-6-8-21(15-19)24-10-9-23(16-25(24)20(2)32)29(33)31-12-11-22-17-27(34-5)28(18-26(22)31)35-14-13-30(3)4/h6-10,15-18H,11-14H2,1-5H3. The van der Waals surface area contributed by atoms with E-state index in [1.807, 2.05) is 74.4 Å². The third kappa shape index (κ3) is 5.23. The molecule has 0 aromatic heterocycles. The summed E-state index contributed by atoms with van der Waals surface area (Å²) in [5, 5.41) is 0. The number of fused-ring (bicyclic) bond motifs is 1. The van der Waals surface area contributed by atoms with E-state index in [-0.39, 0.29) is 11.7 Å². The number of carbonyl (C=O) groups excluding carboxylic acids is 2. The summed E-state index contributed by atoms with van der Waals surface area (Å²) in [4.78, 5) is 29.9. The Morgan fingerprint density at radius 2 is 1.83 bits per heavy atom. The van der Waals surface area contributed by atoms with Crippen molar-refractivity contribution in [1.29, 1.82) is 0 Å². The molecule has 35 heavy (non-hydrogen) atoms. The first-order valence-corrected chi connectivity index (χ1v) is 11.8. The third-order valence-electron chi connectivity index (χ3n) is 6.28. The first kappa shape index (κ1) is 24.5. The predicted octanol–water partition coefficient (Wildman–Crippen LogP) is 5.02. The number of ether oxygens (including phenoxy) is 2. The molecule has 3 aromatic carbocycles. The van der Waals surface area contributed by atoms with Crippen molar-refractivity contribution in [1.82, 2.24) is 4.90 Å². The lowest BCUT2D eigenvalue weighted by Gasteiger charge is -2.20. The van der Waals surface area contributed by atoms with Gasteiger partial charge in [0.1, 0.15) is 6.61 Å². The number of hydrogen-bond donors (Lipinski definition) is 0. The number of likely N-dealkylation sites (N-methyl/N-ethyl adjacent to an activating group) is 1. The summed E-state index contributed by atoms with van der Waals surface area (Å²) in [6.07, 6.45) is 0.732. The molecule has 1 aliphatic rings. The van der Waals surface area contributed by atoms with Crippen LogP contribution in [0.3, 0.4) is 0 Å². The van der Waals surface area contributed by atoms with E-state index in [0.29, 0.717) is 35.8 Å². The molecule has 0 N–H and O–H groups in total. The number of hydrogen-bond acceptors (Lipinski definition) is 5. The second-order valence-corrected chi connectivity index (χ2v) is 9.18. The normalized spacial score (nSPS) is 12.6. The molecule has 0 radical (unpaired) electrons. The third-order valence-corrected chi connectivity index (χ3v) is 6.28. The van der Waals surface area contributed by atoms with Crippen LogP contribution in [0, 0.1) is 6.92 Å². The zero-order chi connectivity index (χ0) is 25.1. The minimum atomic E-state index is -0.133. The maximum Gasteiger partial charge on any atom is 0.258 e. The van der Waals surface area contributed by atoms with Gasteiger partial charge in [-0.3, -0.25) is 9.59 Å². The van der Waals surface area contributed by atoms with E-state index in [1.54, 1.807) is 18.1 Å². The fourth-order valence-corrected chi connectivity index (χ4v) is 4.41. The van der Waals surface area contributed by atoms with E-state index >= 15 is 0 Å². The van der Waals surface area contributed by atoms with E-state index in [2.05, 4.69) is 0 Å². The lowest BCUT2D eigenvalue weighted by Crippen LogP contribution is -2.29. The van der Waals surface area contributed by atoms with Crippen LogP contribution >= 0.6 is 0 Å². The molecule has 0 saturated carbocycles. The Hall–Kier alpha value is -3.64. The van der Waals surface area contributed by atoms with Gasteiger partial charge in [-0.25, -0.2) is 0 Å². The van der Waals surface area contributed by atoms with Gasteiger partial charge in [0, 0.05) is 30.3 Å². The summed E-state index contributed by atoms with van der Waals surface area (Å²) in [5.74, 6) is 1.08. The van der Waals surface area contributed by atoms with Crippen molar-refractivity contribution in [2.45, 2.75) is 20.3 Å². The molecule has 182 valence electrons. The second-order valence-electron chi connectivity index (χ2n) is 9.18. The molecule has 0 bridgehead atoms. The van der Waals surface area contributed by atoms with Gasteiger partial charge >= 0.3 is 0 Å². The van der Waals surface area contributed by atoms with Gasteiger partial charge < -0.3 is 19.3 Å². The Kier molecular flexibility index (Phi) is 7.22. The molecule has 0 fully saturated rings. The van der Waals surface area contributed by atoms with Crippen LogP contribution in [0.1, 0.15) is 38.8 Å². The molecular formula is C29H32N2O4. The van der Waals surface area contributed by atoms with Crippen molar-refractivity contribution in [2.24, 2.45) is 0 Å². The van der Waals surface area contributed by atoms with Crippen LogP contribution in [0.25, 0.3) is 11.1 Å². The number of methoxy groups -OCH3 is 1. The minimum Gasteiger partial charge on any atom is -0.493 e. The smallest absolute Gasteiger partial charge is 0.258 e. The Morgan fingerprint density at radius 3 is 2.51 bits per heavy atom. The van der Waals surface area contributed by atoms with E-state index in [9.17, 15) is 9.59 Å². The quantitative estimate of drug-likeness (QED) is 0.431. The van der Waals surface area contributed by atoms with Crippen LogP contribution in [-0.2, 0) is 6.42 Å². The molecule has 1 amide bonds. The van der Waals surface area contributed by atoms with E-state index < -0.39 is 0 Å². The number of amides is 1. The molecule has 3 aromatic rings. The fourth-order valence-electron chi connectivity index (χ4n) is 4.41. The molecule has 0 atom stereocenters.